The van der Waals surface area contributed by atoms with Gasteiger partial charge in [0.15, 0.2) is 0 Å². The lowest BCUT2D eigenvalue weighted by atomic mass is 9.87. The lowest BCUT2D eigenvalue weighted by Gasteiger charge is -2.33. The molecule has 0 aromatic heterocycles. The molecule has 0 amide bonds. The van der Waals surface area contributed by atoms with Gasteiger partial charge in [-0.15, -0.1) is 9.24 Å². The average Bonchev–Trinajstić information content (AvgIpc) is 2.68. The van der Waals surface area contributed by atoms with E-state index in [-0.39, 0.29) is 0 Å². The number of ether oxygens (including phenoxy) is 1. The molecule has 1 unspecified atom stereocenters. The summed E-state index contributed by atoms with van der Waals surface area (Å²) in [6.45, 7) is 10.4. The molecule has 28 heavy (non-hydrogen) atoms. The first-order valence-electron chi connectivity index (χ1n) is 9.51. The molecular weight excluding hydrogens is 362 g/mol. The molecule has 144 valence electrons. The summed E-state index contributed by atoms with van der Waals surface area (Å²) in [5, 5.41) is 1.20. The van der Waals surface area contributed by atoms with E-state index < -0.39 is 0 Å². The van der Waals surface area contributed by atoms with Gasteiger partial charge in [-0.3, -0.25) is 0 Å². The Balaban J connectivity index is 1.76. The van der Waals surface area contributed by atoms with Gasteiger partial charge in [-0.2, -0.15) is 0 Å². The highest BCUT2D eigenvalue weighted by atomic mass is 31.0. The highest BCUT2D eigenvalue weighted by molar-refractivity contribution is 7.27. The first-order chi connectivity index (χ1) is 13.4. The van der Waals surface area contributed by atoms with Gasteiger partial charge < -0.3 is 15.4 Å². The molecule has 0 saturated carbocycles. The maximum atomic E-state index is 6.16. The fraction of sp³-hybridized carbons (Fsp3) is 0.217. The standard InChI is InChI=1S/C23H28BN2OP/c1-15-10-21(28)9-8-19(15)13-26-16(2)11-22(23(24)17(26)3)27-14-20-7-5-4-6-18(20)12-25/h4-11H,3,12-14,24-25,28H2,1-2H3. The Hall–Kier alpha value is -2.29. The van der Waals surface area contributed by atoms with Crippen molar-refractivity contribution in [2.45, 2.75) is 33.5 Å². The van der Waals surface area contributed by atoms with E-state index in [1.165, 1.54) is 16.4 Å². The SMILES string of the molecule is BC1=C(OCc2ccccc2CN)C=C(C)N(Cc2ccc(P)cc2C)C1=C. The van der Waals surface area contributed by atoms with Crippen LogP contribution in [0.3, 0.4) is 0 Å². The second-order valence-corrected chi connectivity index (χ2v) is 7.92. The minimum atomic E-state index is 0.506. The molecule has 3 nitrogen and oxygen atoms in total. The van der Waals surface area contributed by atoms with Crippen LogP contribution in [0, 0.1) is 6.92 Å². The normalized spacial score (nSPS) is 14.4. The van der Waals surface area contributed by atoms with E-state index in [0.29, 0.717) is 13.2 Å². The fourth-order valence-electron chi connectivity index (χ4n) is 3.42. The molecule has 2 N–H and O–H groups in total. The van der Waals surface area contributed by atoms with Crippen LogP contribution in [0.4, 0.5) is 0 Å². The van der Waals surface area contributed by atoms with Crippen LogP contribution >= 0.6 is 9.24 Å². The van der Waals surface area contributed by atoms with Crippen molar-refractivity contribution in [3.63, 3.8) is 0 Å². The highest BCUT2D eigenvalue weighted by Gasteiger charge is 2.21. The second kappa shape index (κ2) is 8.81. The molecule has 0 fully saturated rings. The van der Waals surface area contributed by atoms with Gasteiger partial charge in [0.1, 0.15) is 20.2 Å². The van der Waals surface area contributed by atoms with Crippen LogP contribution in [-0.2, 0) is 24.4 Å². The Morgan fingerprint density at radius 1 is 1.11 bits per heavy atom. The third-order valence-electron chi connectivity index (χ3n) is 5.31. The van der Waals surface area contributed by atoms with Crippen LogP contribution in [0.15, 0.2) is 77.7 Å². The van der Waals surface area contributed by atoms with Gasteiger partial charge in [0.2, 0.25) is 0 Å². The van der Waals surface area contributed by atoms with Gasteiger partial charge in [0.25, 0.3) is 0 Å². The minimum Gasteiger partial charge on any atom is -0.489 e. The monoisotopic (exact) mass is 390 g/mol. The third kappa shape index (κ3) is 4.40. The predicted molar refractivity (Wildman–Crippen MR) is 124 cm³/mol. The van der Waals surface area contributed by atoms with Crippen molar-refractivity contribution in [3.8, 4) is 0 Å². The molecule has 2 aromatic carbocycles. The van der Waals surface area contributed by atoms with E-state index in [9.17, 15) is 0 Å². The summed E-state index contributed by atoms with van der Waals surface area (Å²) in [6, 6.07) is 14.6. The second-order valence-electron chi connectivity index (χ2n) is 7.26. The molecule has 5 heteroatoms. The molecule has 1 atom stereocenters. The molecule has 1 aliphatic rings. The van der Waals surface area contributed by atoms with Gasteiger partial charge in [-0.25, -0.2) is 0 Å². The minimum absolute atomic E-state index is 0.506. The molecular formula is C23H28BN2OP. The fourth-order valence-corrected chi connectivity index (χ4v) is 3.77. The third-order valence-corrected chi connectivity index (χ3v) is 5.67. The van der Waals surface area contributed by atoms with Crippen molar-refractivity contribution in [2.75, 3.05) is 0 Å². The molecule has 1 heterocycles. The molecule has 2 aromatic rings. The molecule has 0 bridgehead atoms. The van der Waals surface area contributed by atoms with Crippen molar-refractivity contribution in [3.05, 3.63) is 100.0 Å². The topological polar surface area (TPSA) is 38.5 Å². The van der Waals surface area contributed by atoms with E-state index >= 15 is 0 Å². The Morgan fingerprint density at radius 3 is 2.50 bits per heavy atom. The van der Waals surface area contributed by atoms with Crippen LogP contribution in [0.25, 0.3) is 0 Å². The van der Waals surface area contributed by atoms with Crippen molar-refractivity contribution in [1.29, 1.82) is 0 Å². The molecule has 0 saturated heterocycles. The van der Waals surface area contributed by atoms with Crippen molar-refractivity contribution >= 4 is 22.4 Å². The molecule has 0 radical (unpaired) electrons. The number of hydrogen-bond acceptors (Lipinski definition) is 3. The number of aryl methyl sites for hydroxylation is 1. The van der Waals surface area contributed by atoms with Gasteiger partial charge in [-0.05, 0) is 53.0 Å². The average molecular weight is 390 g/mol. The predicted octanol–water partition coefficient (Wildman–Crippen LogP) is 3.25. The first-order valence-corrected chi connectivity index (χ1v) is 10.1. The quantitative estimate of drug-likeness (QED) is 0.608. The first kappa shape index (κ1) is 20.4. The van der Waals surface area contributed by atoms with Gasteiger partial charge in [0.05, 0.1) is 0 Å². The van der Waals surface area contributed by atoms with Crippen molar-refractivity contribution in [2.24, 2.45) is 5.73 Å². The lowest BCUT2D eigenvalue weighted by molar-refractivity contribution is 0.204. The maximum absolute atomic E-state index is 6.16. The van der Waals surface area contributed by atoms with Gasteiger partial charge in [-0.1, -0.05) is 49.0 Å². The van der Waals surface area contributed by atoms with Crippen LogP contribution in [-0.4, -0.2) is 12.7 Å². The van der Waals surface area contributed by atoms with E-state index in [4.69, 9.17) is 10.5 Å². The Morgan fingerprint density at radius 2 is 1.82 bits per heavy atom. The summed E-state index contributed by atoms with van der Waals surface area (Å²) in [7, 11) is 4.82. The number of rotatable bonds is 6. The van der Waals surface area contributed by atoms with Crippen LogP contribution in [0.5, 0.6) is 0 Å². The van der Waals surface area contributed by atoms with Gasteiger partial charge in [0, 0.05) is 24.5 Å². The lowest BCUT2D eigenvalue weighted by Crippen LogP contribution is -2.26. The zero-order valence-electron chi connectivity index (χ0n) is 17.0. The number of allylic oxidation sites excluding steroid dienone is 3. The molecule has 0 aliphatic carbocycles. The zero-order valence-corrected chi connectivity index (χ0v) is 18.1. The Bertz CT molecular complexity index is 963. The van der Waals surface area contributed by atoms with Crippen LogP contribution < -0.4 is 11.0 Å². The number of nitrogens with two attached hydrogens (primary N) is 1. The molecule has 1 aliphatic heterocycles. The largest absolute Gasteiger partial charge is 0.489 e. The molecule has 3 rings (SSSR count). The summed E-state index contributed by atoms with van der Waals surface area (Å²) in [5.41, 5.74) is 13.8. The van der Waals surface area contributed by atoms with Gasteiger partial charge >= 0.3 is 0 Å². The maximum Gasteiger partial charge on any atom is 0.146 e. The van der Waals surface area contributed by atoms with E-state index in [0.717, 1.165) is 40.3 Å². The van der Waals surface area contributed by atoms with Crippen molar-refractivity contribution < 1.29 is 4.74 Å². The van der Waals surface area contributed by atoms with Crippen LogP contribution in [0.1, 0.15) is 29.2 Å². The number of benzene rings is 2. The summed E-state index contributed by atoms with van der Waals surface area (Å²) in [5.74, 6) is 0.877. The summed E-state index contributed by atoms with van der Waals surface area (Å²) < 4.78 is 6.16. The van der Waals surface area contributed by atoms with E-state index in [2.05, 4.69) is 72.8 Å². The number of hydrogen-bond donors (Lipinski definition) is 1. The summed E-state index contributed by atoms with van der Waals surface area (Å²) >= 11 is 0. The smallest absolute Gasteiger partial charge is 0.146 e. The summed E-state index contributed by atoms with van der Waals surface area (Å²) in [4.78, 5) is 2.25. The van der Waals surface area contributed by atoms with E-state index in [1.54, 1.807) is 0 Å². The Labute approximate surface area is 171 Å². The number of nitrogens with zero attached hydrogens (tertiary/aromatic N) is 1. The zero-order chi connectivity index (χ0) is 20.3. The Kier molecular flexibility index (Phi) is 6.44. The highest BCUT2D eigenvalue weighted by Crippen LogP contribution is 2.30. The van der Waals surface area contributed by atoms with Crippen molar-refractivity contribution in [1.82, 2.24) is 4.90 Å². The molecule has 0 spiro atoms. The van der Waals surface area contributed by atoms with Crippen LogP contribution in [0.2, 0.25) is 0 Å². The van der Waals surface area contributed by atoms with E-state index in [1.807, 2.05) is 18.2 Å². The summed E-state index contributed by atoms with van der Waals surface area (Å²) in [6.07, 6.45) is 2.11.